The van der Waals surface area contributed by atoms with Gasteiger partial charge in [-0.15, -0.1) is 0 Å². The van der Waals surface area contributed by atoms with Gasteiger partial charge >= 0.3 is 6.18 Å². The second-order valence-electron chi connectivity index (χ2n) is 5.29. The number of halogens is 3. The summed E-state index contributed by atoms with van der Waals surface area (Å²) < 4.78 is 39.5. The number of rotatable bonds is 5. The summed E-state index contributed by atoms with van der Waals surface area (Å²) in [4.78, 5) is 0. The normalized spacial score (nSPS) is 16.9. The molecule has 0 spiro atoms. The van der Waals surface area contributed by atoms with Crippen LogP contribution in [0.3, 0.4) is 0 Å². The average Bonchev–Trinajstić information content (AvgIpc) is 3.14. The van der Waals surface area contributed by atoms with Gasteiger partial charge in [-0.2, -0.15) is 18.3 Å². The van der Waals surface area contributed by atoms with Crippen molar-refractivity contribution in [2.75, 3.05) is 6.54 Å². The zero-order chi connectivity index (χ0) is 14.9. The third-order valence-electron chi connectivity index (χ3n) is 3.58. The lowest BCUT2D eigenvalue weighted by Gasteiger charge is -2.19. The van der Waals surface area contributed by atoms with Gasteiger partial charge in [-0.25, -0.2) is 0 Å². The molecule has 1 N–H and O–H groups in total. The molecule has 1 fully saturated rings. The molecule has 3 rings (SSSR count). The molecule has 1 aromatic carbocycles. The van der Waals surface area contributed by atoms with Crippen molar-refractivity contribution in [3.05, 3.63) is 53.9 Å². The summed E-state index contributed by atoms with van der Waals surface area (Å²) in [6, 6.07) is 10.8. The number of nitrogens with zero attached hydrogens (tertiary/aromatic N) is 2. The molecule has 0 bridgehead atoms. The van der Waals surface area contributed by atoms with Crippen molar-refractivity contribution in [2.24, 2.45) is 0 Å². The molecular formula is C15H16F3N3. The van der Waals surface area contributed by atoms with Gasteiger partial charge in [0.05, 0.1) is 6.04 Å². The van der Waals surface area contributed by atoms with Crippen molar-refractivity contribution in [1.29, 1.82) is 0 Å². The molecule has 0 saturated heterocycles. The molecule has 1 saturated carbocycles. The van der Waals surface area contributed by atoms with Crippen molar-refractivity contribution in [3.63, 3.8) is 0 Å². The maximum atomic E-state index is 12.7. The van der Waals surface area contributed by atoms with Crippen LogP contribution in [0, 0.1) is 0 Å². The zero-order valence-electron chi connectivity index (χ0n) is 11.3. The highest BCUT2D eigenvalue weighted by Crippen LogP contribution is 2.29. The quantitative estimate of drug-likeness (QED) is 0.917. The van der Waals surface area contributed by atoms with Gasteiger partial charge < -0.3 is 5.32 Å². The fraction of sp³-hybridized carbons (Fsp3) is 0.400. The zero-order valence-corrected chi connectivity index (χ0v) is 11.3. The third kappa shape index (κ3) is 3.44. The molecule has 2 aromatic rings. The van der Waals surface area contributed by atoms with Crippen LogP contribution in [-0.2, 0) is 6.18 Å². The minimum Gasteiger partial charge on any atom is -0.312 e. The van der Waals surface area contributed by atoms with Crippen LogP contribution in [0.15, 0.2) is 42.6 Å². The van der Waals surface area contributed by atoms with E-state index >= 15 is 0 Å². The summed E-state index contributed by atoms with van der Waals surface area (Å²) in [6.07, 6.45) is -0.742. The van der Waals surface area contributed by atoms with Gasteiger partial charge in [0, 0.05) is 18.8 Å². The molecule has 1 aliphatic rings. The van der Waals surface area contributed by atoms with Crippen LogP contribution in [0.25, 0.3) is 0 Å². The van der Waals surface area contributed by atoms with E-state index in [4.69, 9.17) is 0 Å². The predicted molar refractivity (Wildman–Crippen MR) is 72.8 cm³/mol. The summed E-state index contributed by atoms with van der Waals surface area (Å²) in [5.74, 6) is 0. The molecule has 21 heavy (non-hydrogen) atoms. The molecule has 1 aliphatic carbocycles. The highest BCUT2D eigenvalue weighted by Gasteiger charge is 2.34. The summed E-state index contributed by atoms with van der Waals surface area (Å²) >= 11 is 0. The van der Waals surface area contributed by atoms with E-state index in [1.165, 1.54) is 10.9 Å². The topological polar surface area (TPSA) is 29.9 Å². The molecule has 3 nitrogen and oxygen atoms in total. The Bertz CT molecular complexity index is 588. The van der Waals surface area contributed by atoms with Gasteiger partial charge in [0.15, 0.2) is 5.69 Å². The molecule has 0 radical (unpaired) electrons. The van der Waals surface area contributed by atoms with Crippen LogP contribution in [0.4, 0.5) is 13.2 Å². The smallest absolute Gasteiger partial charge is 0.312 e. The van der Waals surface area contributed by atoms with Gasteiger partial charge in [0.2, 0.25) is 0 Å². The van der Waals surface area contributed by atoms with E-state index in [1.54, 1.807) is 0 Å². The monoisotopic (exact) mass is 295 g/mol. The molecule has 1 atom stereocenters. The van der Waals surface area contributed by atoms with Gasteiger partial charge in [-0.1, -0.05) is 30.3 Å². The maximum Gasteiger partial charge on any atom is 0.435 e. The van der Waals surface area contributed by atoms with E-state index in [0.29, 0.717) is 12.6 Å². The molecule has 1 unspecified atom stereocenters. The van der Waals surface area contributed by atoms with Gasteiger partial charge in [0.1, 0.15) is 0 Å². The van der Waals surface area contributed by atoms with E-state index in [9.17, 15) is 13.2 Å². The summed E-state index contributed by atoms with van der Waals surface area (Å²) in [7, 11) is 0. The first-order chi connectivity index (χ1) is 10.0. The van der Waals surface area contributed by atoms with Crippen molar-refractivity contribution >= 4 is 0 Å². The second-order valence-corrected chi connectivity index (χ2v) is 5.29. The first kappa shape index (κ1) is 14.1. The van der Waals surface area contributed by atoms with Gasteiger partial charge in [0.25, 0.3) is 0 Å². The van der Waals surface area contributed by atoms with Crippen molar-refractivity contribution in [3.8, 4) is 0 Å². The molecule has 0 aliphatic heterocycles. The molecule has 112 valence electrons. The van der Waals surface area contributed by atoms with Crippen molar-refractivity contribution < 1.29 is 13.2 Å². The Kier molecular flexibility index (Phi) is 3.71. The molecular weight excluding hydrogens is 279 g/mol. The maximum absolute atomic E-state index is 12.7. The van der Waals surface area contributed by atoms with Gasteiger partial charge in [-0.05, 0) is 24.5 Å². The van der Waals surface area contributed by atoms with Crippen LogP contribution < -0.4 is 5.32 Å². The number of nitrogens with one attached hydrogen (secondary N) is 1. The SMILES string of the molecule is FC(F)(F)c1ccn(C(CNC2CC2)c2ccccc2)n1. The van der Waals surface area contributed by atoms with Crippen LogP contribution in [0.2, 0.25) is 0 Å². The van der Waals surface area contributed by atoms with E-state index in [1.807, 2.05) is 30.3 Å². The minimum absolute atomic E-state index is 0.233. The number of alkyl halides is 3. The summed E-state index contributed by atoms with van der Waals surface area (Å²) in [5, 5.41) is 7.07. The standard InChI is InChI=1S/C15H16F3N3/c16-15(17,18)14-8-9-21(20-14)13(10-19-12-6-7-12)11-4-2-1-3-5-11/h1-5,8-9,12-13,19H,6-7,10H2. The van der Waals surface area contributed by atoms with Crippen LogP contribution >= 0.6 is 0 Å². The molecule has 0 amide bonds. The second kappa shape index (κ2) is 5.52. The van der Waals surface area contributed by atoms with Crippen molar-refractivity contribution in [2.45, 2.75) is 31.1 Å². The van der Waals surface area contributed by atoms with E-state index < -0.39 is 11.9 Å². The van der Waals surface area contributed by atoms with Crippen molar-refractivity contribution in [1.82, 2.24) is 15.1 Å². The Morgan fingerprint density at radius 1 is 1.19 bits per heavy atom. The first-order valence-corrected chi connectivity index (χ1v) is 6.95. The Hall–Kier alpha value is -1.82. The molecule has 1 aromatic heterocycles. The highest BCUT2D eigenvalue weighted by molar-refractivity contribution is 5.21. The minimum atomic E-state index is -4.41. The van der Waals surface area contributed by atoms with Crippen LogP contribution in [-0.4, -0.2) is 22.4 Å². The molecule has 6 heteroatoms. The van der Waals surface area contributed by atoms with E-state index in [2.05, 4.69) is 10.4 Å². The van der Waals surface area contributed by atoms with Crippen LogP contribution in [0.1, 0.15) is 30.1 Å². The summed E-state index contributed by atoms with van der Waals surface area (Å²) in [6.45, 7) is 0.577. The predicted octanol–water partition coefficient (Wildman–Crippen LogP) is 3.24. The highest BCUT2D eigenvalue weighted by atomic mass is 19.4. The third-order valence-corrected chi connectivity index (χ3v) is 3.58. The fourth-order valence-electron chi connectivity index (χ4n) is 2.27. The lowest BCUT2D eigenvalue weighted by atomic mass is 10.1. The lowest BCUT2D eigenvalue weighted by Crippen LogP contribution is -2.28. The average molecular weight is 295 g/mol. The first-order valence-electron chi connectivity index (χ1n) is 6.95. The van der Waals surface area contributed by atoms with Gasteiger partial charge in [-0.3, -0.25) is 4.68 Å². The summed E-state index contributed by atoms with van der Waals surface area (Å²) in [5.41, 5.74) is 0.0947. The molecule has 1 heterocycles. The Morgan fingerprint density at radius 3 is 2.48 bits per heavy atom. The Balaban J connectivity index is 1.85. The number of aromatic nitrogens is 2. The number of benzene rings is 1. The van der Waals surface area contributed by atoms with E-state index in [0.717, 1.165) is 24.5 Å². The Morgan fingerprint density at radius 2 is 1.90 bits per heavy atom. The largest absolute Gasteiger partial charge is 0.435 e. The Labute approximate surface area is 120 Å². The number of hydrogen-bond acceptors (Lipinski definition) is 2. The fourth-order valence-corrected chi connectivity index (χ4v) is 2.27. The number of hydrogen-bond donors (Lipinski definition) is 1. The lowest BCUT2D eigenvalue weighted by molar-refractivity contribution is -0.141. The van der Waals surface area contributed by atoms with E-state index in [-0.39, 0.29) is 6.04 Å². The van der Waals surface area contributed by atoms with Crippen LogP contribution in [0.5, 0.6) is 0 Å².